The molecule has 1 unspecified atom stereocenters. The number of aryl methyl sites for hydroxylation is 1. The van der Waals surface area contributed by atoms with E-state index in [2.05, 4.69) is 10.4 Å². The molecular formula is C20H22N4O3. The molecule has 0 aliphatic rings. The average Bonchev–Trinajstić information content (AvgIpc) is 3.32. The largest absolute Gasteiger partial charge is 0.481 e. The van der Waals surface area contributed by atoms with Gasteiger partial charge in [-0.05, 0) is 24.1 Å². The zero-order valence-corrected chi connectivity index (χ0v) is 15.3. The van der Waals surface area contributed by atoms with Gasteiger partial charge in [0.05, 0.1) is 6.20 Å². The number of carboxylic acids is 1. The molecule has 1 amide bonds. The van der Waals surface area contributed by atoms with Gasteiger partial charge in [-0.2, -0.15) is 5.10 Å². The lowest BCUT2D eigenvalue weighted by molar-refractivity contribution is -0.143. The molecule has 1 aromatic carbocycles. The minimum Gasteiger partial charge on any atom is -0.481 e. The Balaban J connectivity index is 1.87. The van der Waals surface area contributed by atoms with Crippen LogP contribution in [0.4, 0.5) is 0 Å². The van der Waals surface area contributed by atoms with Gasteiger partial charge in [-0.3, -0.25) is 14.3 Å². The van der Waals surface area contributed by atoms with Gasteiger partial charge in [-0.25, -0.2) is 0 Å². The smallest absolute Gasteiger partial charge is 0.315 e. The van der Waals surface area contributed by atoms with Gasteiger partial charge < -0.3 is 15.0 Å². The molecule has 0 aliphatic carbocycles. The van der Waals surface area contributed by atoms with Gasteiger partial charge in [0.2, 0.25) is 0 Å². The highest BCUT2D eigenvalue weighted by Gasteiger charge is 2.39. The van der Waals surface area contributed by atoms with Crippen molar-refractivity contribution in [1.29, 1.82) is 0 Å². The van der Waals surface area contributed by atoms with Gasteiger partial charge >= 0.3 is 5.97 Å². The molecule has 0 saturated carbocycles. The van der Waals surface area contributed by atoms with Gasteiger partial charge in [0.1, 0.15) is 16.8 Å². The minimum atomic E-state index is -1.19. The van der Waals surface area contributed by atoms with Crippen LogP contribution in [0.25, 0.3) is 5.82 Å². The van der Waals surface area contributed by atoms with E-state index >= 15 is 0 Å². The third-order valence-electron chi connectivity index (χ3n) is 4.89. The fourth-order valence-electron chi connectivity index (χ4n) is 3.24. The normalized spacial score (nSPS) is 13.1. The predicted octanol–water partition coefficient (Wildman–Crippen LogP) is 2.37. The lowest BCUT2D eigenvalue weighted by Crippen LogP contribution is -2.46. The van der Waals surface area contributed by atoms with Crippen molar-refractivity contribution in [2.75, 3.05) is 6.54 Å². The first kappa shape index (κ1) is 18.4. The molecule has 0 aliphatic heterocycles. The number of nitrogens with zero attached hydrogens (tertiary/aromatic N) is 3. The monoisotopic (exact) mass is 366 g/mol. The Bertz CT molecular complexity index is 932. The molecule has 2 aromatic heterocycles. The fourth-order valence-corrected chi connectivity index (χ4v) is 3.24. The summed E-state index contributed by atoms with van der Waals surface area (Å²) in [6.45, 7) is 1.80. The summed E-state index contributed by atoms with van der Waals surface area (Å²) in [5.41, 5.74) is -0.138. The number of rotatable bonds is 7. The van der Waals surface area contributed by atoms with Crippen LogP contribution in [-0.2, 0) is 17.3 Å². The molecule has 2 N–H and O–H groups in total. The van der Waals surface area contributed by atoms with E-state index in [1.54, 1.807) is 40.6 Å². The van der Waals surface area contributed by atoms with Crippen LogP contribution in [0.1, 0.15) is 29.3 Å². The summed E-state index contributed by atoms with van der Waals surface area (Å²) in [7, 11) is 1.75. The SMILES string of the molecule is CCC(CNC(=O)c1cnn(C)c1-n1cccc1)(C(=O)O)c1ccccc1. The van der Waals surface area contributed by atoms with Gasteiger partial charge in [0.25, 0.3) is 5.91 Å². The summed E-state index contributed by atoms with van der Waals surface area (Å²) >= 11 is 0. The van der Waals surface area contributed by atoms with Crippen molar-refractivity contribution in [1.82, 2.24) is 19.7 Å². The average molecular weight is 366 g/mol. The number of carboxylic acid groups (broad SMARTS) is 1. The van der Waals surface area contributed by atoms with Crippen molar-refractivity contribution in [2.24, 2.45) is 7.05 Å². The molecule has 0 radical (unpaired) electrons. The summed E-state index contributed by atoms with van der Waals surface area (Å²) in [6, 6.07) is 12.7. The Hall–Kier alpha value is -3.35. The molecule has 3 rings (SSSR count). The maximum Gasteiger partial charge on any atom is 0.315 e. The van der Waals surface area contributed by atoms with Crippen LogP contribution in [0.5, 0.6) is 0 Å². The number of carbonyl (C=O) groups is 2. The van der Waals surface area contributed by atoms with E-state index in [1.165, 1.54) is 6.20 Å². The van der Waals surface area contributed by atoms with E-state index < -0.39 is 11.4 Å². The van der Waals surface area contributed by atoms with E-state index in [0.717, 1.165) is 0 Å². The summed E-state index contributed by atoms with van der Waals surface area (Å²) < 4.78 is 3.40. The molecule has 0 spiro atoms. The molecule has 3 aromatic rings. The standard InChI is InChI=1S/C20H22N4O3/c1-3-20(19(26)27,15-9-5-4-6-10-15)14-21-17(25)16-13-22-23(2)18(16)24-11-7-8-12-24/h4-13H,3,14H2,1-2H3,(H,21,25)(H,26,27). The maximum absolute atomic E-state index is 12.8. The van der Waals surface area contributed by atoms with Crippen LogP contribution in [-0.4, -0.2) is 37.9 Å². The van der Waals surface area contributed by atoms with Gasteiger partial charge in [0, 0.05) is 26.0 Å². The molecule has 27 heavy (non-hydrogen) atoms. The van der Waals surface area contributed by atoms with E-state index in [-0.39, 0.29) is 12.5 Å². The first-order valence-corrected chi connectivity index (χ1v) is 8.72. The highest BCUT2D eigenvalue weighted by atomic mass is 16.4. The van der Waals surface area contributed by atoms with Gasteiger partial charge in [-0.1, -0.05) is 37.3 Å². The summed E-state index contributed by atoms with van der Waals surface area (Å²) in [4.78, 5) is 24.9. The number of carbonyl (C=O) groups excluding carboxylic acids is 1. The third-order valence-corrected chi connectivity index (χ3v) is 4.89. The predicted molar refractivity (Wildman–Crippen MR) is 101 cm³/mol. The van der Waals surface area contributed by atoms with Crippen molar-refractivity contribution in [2.45, 2.75) is 18.8 Å². The van der Waals surface area contributed by atoms with Gasteiger partial charge in [-0.15, -0.1) is 0 Å². The number of hydrogen-bond donors (Lipinski definition) is 2. The first-order chi connectivity index (χ1) is 13.0. The number of amides is 1. The minimum absolute atomic E-state index is 0.0122. The summed E-state index contributed by atoms with van der Waals surface area (Å²) in [5, 5.41) is 16.9. The van der Waals surface area contributed by atoms with Crippen molar-refractivity contribution in [3.63, 3.8) is 0 Å². The van der Waals surface area contributed by atoms with Crippen LogP contribution in [0.15, 0.2) is 61.1 Å². The second-order valence-corrected chi connectivity index (χ2v) is 6.39. The molecule has 7 nitrogen and oxygen atoms in total. The molecule has 0 saturated heterocycles. The van der Waals surface area contributed by atoms with Crippen LogP contribution in [0.2, 0.25) is 0 Å². The van der Waals surface area contributed by atoms with Crippen LogP contribution in [0.3, 0.4) is 0 Å². The number of nitrogens with one attached hydrogen (secondary N) is 1. The zero-order chi connectivity index (χ0) is 19.4. The van der Waals surface area contributed by atoms with Crippen LogP contribution >= 0.6 is 0 Å². The van der Waals surface area contributed by atoms with Crippen LogP contribution < -0.4 is 5.32 Å². The molecule has 7 heteroatoms. The first-order valence-electron chi connectivity index (χ1n) is 8.72. The Kier molecular flexibility index (Phi) is 5.12. The molecular weight excluding hydrogens is 344 g/mol. The van der Waals surface area contributed by atoms with Crippen LogP contribution in [0, 0.1) is 0 Å². The number of hydrogen-bond acceptors (Lipinski definition) is 3. The molecule has 0 fully saturated rings. The van der Waals surface area contributed by atoms with E-state index in [1.807, 2.05) is 37.5 Å². The number of aliphatic carboxylic acids is 1. The lowest BCUT2D eigenvalue weighted by Gasteiger charge is -2.29. The highest BCUT2D eigenvalue weighted by molar-refractivity contribution is 5.97. The van der Waals surface area contributed by atoms with Crippen molar-refractivity contribution in [3.05, 3.63) is 72.2 Å². The number of benzene rings is 1. The Morgan fingerprint density at radius 2 is 1.81 bits per heavy atom. The fraction of sp³-hybridized carbons (Fsp3) is 0.250. The quantitative estimate of drug-likeness (QED) is 0.672. The van der Waals surface area contributed by atoms with E-state index in [9.17, 15) is 14.7 Å². The number of aromatic nitrogens is 3. The second kappa shape index (κ2) is 7.49. The second-order valence-electron chi connectivity index (χ2n) is 6.39. The molecule has 1 atom stereocenters. The van der Waals surface area contributed by atoms with Crippen molar-refractivity contribution >= 4 is 11.9 Å². The lowest BCUT2D eigenvalue weighted by atomic mass is 9.78. The molecule has 0 bridgehead atoms. The Morgan fingerprint density at radius 3 is 2.41 bits per heavy atom. The van der Waals surface area contributed by atoms with Crippen molar-refractivity contribution < 1.29 is 14.7 Å². The Morgan fingerprint density at radius 1 is 1.15 bits per heavy atom. The Labute approximate surface area is 157 Å². The summed E-state index contributed by atoms with van der Waals surface area (Å²) in [5.74, 6) is -0.704. The van der Waals surface area contributed by atoms with E-state index in [0.29, 0.717) is 23.4 Å². The third kappa shape index (κ3) is 3.36. The molecule has 140 valence electrons. The maximum atomic E-state index is 12.8. The van der Waals surface area contributed by atoms with Gasteiger partial charge in [0.15, 0.2) is 0 Å². The van der Waals surface area contributed by atoms with Crippen molar-refractivity contribution in [3.8, 4) is 5.82 Å². The molecule has 2 heterocycles. The van der Waals surface area contributed by atoms with E-state index in [4.69, 9.17) is 0 Å². The topological polar surface area (TPSA) is 89.2 Å². The highest BCUT2D eigenvalue weighted by Crippen LogP contribution is 2.28. The summed E-state index contributed by atoms with van der Waals surface area (Å²) in [6.07, 6.45) is 5.49. The zero-order valence-electron chi connectivity index (χ0n) is 15.3.